The predicted octanol–water partition coefficient (Wildman–Crippen LogP) is 3.45. The highest BCUT2D eigenvalue weighted by atomic mass is 16.1. The van der Waals surface area contributed by atoms with Gasteiger partial charge in [-0.3, -0.25) is 4.79 Å². The zero-order valence-corrected chi connectivity index (χ0v) is 12.8. The minimum atomic E-state index is -0.268. The van der Waals surface area contributed by atoms with Gasteiger partial charge in [0.05, 0.1) is 12.4 Å². The average molecular weight is 296 g/mol. The van der Waals surface area contributed by atoms with Crippen LogP contribution in [0.25, 0.3) is 0 Å². The third-order valence-corrected chi connectivity index (χ3v) is 3.14. The Balaban J connectivity index is 2.11. The fourth-order valence-corrected chi connectivity index (χ4v) is 2.01. The Morgan fingerprint density at radius 1 is 1.27 bits per heavy atom. The Morgan fingerprint density at radius 3 is 2.68 bits per heavy atom. The topological polar surface area (TPSA) is 66.9 Å². The van der Waals surface area contributed by atoms with Crippen LogP contribution < -0.4 is 10.6 Å². The Bertz CT molecular complexity index is 650. The molecule has 1 amide bonds. The van der Waals surface area contributed by atoms with Crippen LogP contribution >= 0.6 is 0 Å². The number of anilines is 2. The number of hydrogen-bond acceptors (Lipinski definition) is 4. The molecule has 2 aromatic rings. The van der Waals surface area contributed by atoms with Crippen LogP contribution in [0.4, 0.5) is 11.5 Å². The van der Waals surface area contributed by atoms with Gasteiger partial charge in [-0.2, -0.15) is 0 Å². The minimum absolute atomic E-state index is 0.268. The molecule has 22 heavy (non-hydrogen) atoms. The molecule has 1 aromatic heterocycles. The van der Waals surface area contributed by atoms with Crippen molar-refractivity contribution in [3.8, 4) is 0 Å². The number of carbonyl (C=O) groups is 1. The molecule has 114 valence electrons. The van der Waals surface area contributed by atoms with Crippen molar-refractivity contribution in [3.05, 3.63) is 60.6 Å². The first-order valence-electron chi connectivity index (χ1n) is 7.19. The second-order valence-corrected chi connectivity index (χ2v) is 5.15. The van der Waals surface area contributed by atoms with Gasteiger partial charge in [-0.25, -0.2) is 9.97 Å². The van der Waals surface area contributed by atoms with Crippen molar-refractivity contribution in [3.63, 3.8) is 0 Å². The fraction of sp³-hybridized carbons (Fsp3) is 0.235. The maximum atomic E-state index is 12.3. The van der Waals surface area contributed by atoms with Crippen molar-refractivity contribution in [2.45, 2.75) is 19.8 Å². The highest BCUT2D eigenvalue weighted by Crippen LogP contribution is 2.23. The van der Waals surface area contributed by atoms with Crippen LogP contribution in [0.3, 0.4) is 0 Å². The van der Waals surface area contributed by atoms with Crippen molar-refractivity contribution < 1.29 is 4.79 Å². The average Bonchev–Trinajstić information content (AvgIpc) is 2.53. The molecule has 0 spiro atoms. The number of amides is 1. The molecular weight excluding hydrogens is 276 g/mol. The number of carbonyl (C=O) groups excluding carboxylic acids is 1. The van der Waals surface area contributed by atoms with E-state index in [4.69, 9.17) is 0 Å². The van der Waals surface area contributed by atoms with Crippen LogP contribution in [-0.2, 0) is 0 Å². The lowest BCUT2D eigenvalue weighted by atomic mass is 10.0. The molecule has 0 unspecified atom stereocenters. The summed E-state index contributed by atoms with van der Waals surface area (Å²) in [6.07, 6.45) is 4.72. The molecule has 0 aliphatic heterocycles. The molecule has 0 aliphatic carbocycles. The number of nitrogens with zero attached hydrogens (tertiary/aromatic N) is 2. The first kappa shape index (κ1) is 15.7. The van der Waals surface area contributed by atoms with E-state index in [1.807, 2.05) is 24.3 Å². The Labute approximate surface area is 130 Å². The van der Waals surface area contributed by atoms with Crippen molar-refractivity contribution in [2.75, 3.05) is 17.2 Å². The van der Waals surface area contributed by atoms with Crippen LogP contribution in [-0.4, -0.2) is 22.4 Å². The lowest BCUT2D eigenvalue weighted by molar-refractivity contribution is 0.102. The summed E-state index contributed by atoms with van der Waals surface area (Å²) in [6, 6.07) is 7.76. The highest BCUT2D eigenvalue weighted by Gasteiger charge is 2.12. The molecule has 0 fully saturated rings. The third kappa shape index (κ3) is 3.91. The monoisotopic (exact) mass is 296 g/mol. The first-order chi connectivity index (χ1) is 10.6. The molecule has 5 heteroatoms. The summed E-state index contributed by atoms with van der Waals surface area (Å²) in [4.78, 5) is 20.5. The van der Waals surface area contributed by atoms with Gasteiger partial charge in [-0.05, 0) is 17.5 Å². The Morgan fingerprint density at radius 2 is 2.05 bits per heavy atom. The number of para-hydroxylation sites is 1. The van der Waals surface area contributed by atoms with E-state index in [0.29, 0.717) is 18.3 Å². The summed E-state index contributed by atoms with van der Waals surface area (Å²) < 4.78 is 0. The van der Waals surface area contributed by atoms with E-state index in [-0.39, 0.29) is 11.6 Å². The molecule has 0 bridgehead atoms. The molecule has 2 N–H and O–H groups in total. The maximum Gasteiger partial charge on any atom is 0.275 e. The van der Waals surface area contributed by atoms with E-state index in [1.165, 1.54) is 12.4 Å². The van der Waals surface area contributed by atoms with Gasteiger partial charge in [0.1, 0.15) is 11.5 Å². The van der Waals surface area contributed by atoms with Gasteiger partial charge in [-0.1, -0.05) is 38.1 Å². The maximum absolute atomic E-state index is 12.3. The van der Waals surface area contributed by atoms with Crippen molar-refractivity contribution in [1.82, 2.24) is 9.97 Å². The SMILES string of the molecule is C=CCNc1cnc(C(=O)Nc2ccccc2C(C)C)cn1. The number of aromatic nitrogens is 2. The smallest absolute Gasteiger partial charge is 0.275 e. The second kappa shape index (κ2) is 7.36. The molecule has 0 atom stereocenters. The van der Waals surface area contributed by atoms with Crippen LogP contribution in [0.2, 0.25) is 0 Å². The lowest BCUT2D eigenvalue weighted by Gasteiger charge is -2.13. The van der Waals surface area contributed by atoms with Crippen LogP contribution in [0.15, 0.2) is 49.3 Å². The molecule has 0 saturated heterocycles. The Hall–Kier alpha value is -2.69. The predicted molar refractivity (Wildman–Crippen MR) is 89.2 cm³/mol. The quantitative estimate of drug-likeness (QED) is 0.801. The largest absolute Gasteiger partial charge is 0.365 e. The van der Waals surface area contributed by atoms with Gasteiger partial charge in [0.25, 0.3) is 5.91 Å². The number of rotatable bonds is 6. The highest BCUT2D eigenvalue weighted by molar-refractivity contribution is 6.03. The molecule has 1 heterocycles. The summed E-state index contributed by atoms with van der Waals surface area (Å²) in [6.45, 7) is 8.39. The van der Waals surface area contributed by atoms with Gasteiger partial charge < -0.3 is 10.6 Å². The summed E-state index contributed by atoms with van der Waals surface area (Å²) in [5.74, 6) is 0.669. The second-order valence-electron chi connectivity index (χ2n) is 5.15. The molecule has 2 rings (SSSR count). The van der Waals surface area contributed by atoms with Crippen LogP contribution in [0, 0.1) is 0 Å². The minimum Gasteiger partial charge on any atom is -0.365 e. The van der Waals surface area contributed by atoms with Gasteiger partial charge in [0, 0.05) is 12.2 Å². The van der Waals surface area contributed by atoms with Gasteiger partial charge >= 0.3 is 0 Å². The van der Waals surface area contributed by atoms with Gasteiger partial charge in [0.15, 0.2) is 0 Å². The zero-order valence-electron chi connectivity index (χ0n) is 12.8. The van der Waals surface area contributed by atoms with E-state index >= 15 is 0 Å². The molecule has 5 nitrogen and oxygen atoms in total. The zero-order chi connectivity index (χ0) is 15.9. The van der Waals surface area contributed by atoms with E-state index in [2.05, 4.69) is 41.0 Å². The summed E-state index contributed by atoms with van der Waals surface area (Å²) in [5.41, 5.74) is 2.17. The van der Waals surface area contributed by atoms with Crippen molar-refractivity contribution >= 4 is 17.4 Å². The summed E-state index contributed by atoms with van der Waals surface area (Å²) in [5, 5.41) is 5.90. The van der Waals surface area contributed by atoms with E-state index in [0.717, 1.165) is 11.3 Å². The number of benzene rings is 1. The van der Waals surface area contributed by atoms with E-state index in [1.54, 1.807) is 6.08 Å². The van der Waals surface area contributed by atoms with Crippen molar-refractivity contribution in [1.29, 1.82) is 0 Å². The first-order valence-corrected chi connectivity index (χ1v) is 7.19. The van der Waals surface area contributed by atoms with Gasteiger partial charge in [0.2, 0.25) is 0 Å². The molecule has 0 saturated carbocycles. The van der Waals surface area contributed by atoms with Crippen LogP contribution in [0.5, 0.6) is 0 Å². The standard InChI is InChI=1S/C17H20N4O/c1-4-9-18-16-11-19-15(10-20-16)17(22)21-14-8-6-5-7-13(14)12(2)3/h4-8,10-12H,1,9H2,2-3H3,(H,18,20)(H,21,22). The molecule has 0 radical (unpaired) electrons. The number of hydrogen-bond donors (Lipinski definition) is 2. The molecule has 0 aliphatic rings. The third-order valence-electron chi connectivity index (χ3n) is 3.14. The normalized spacial score (nSPS) is 10.3. The molecule has 1 aromatic carbocycles. The van der Waals surface area contributed by atoms with Gasteiger partial charge in [-0.15, -0.1) is 6.58 Å². The summed E-state index contributed by atoms with van der Waals surface area (Å²) in [7, 11) is 0. The summed E-state index contributed by atoms with van der Waals surface area (Å²) >= 11 is 0. The molecular formula is C17H20N4O. The Kier molecular flexibility index (Phi) is 5.25. The number of nitrogens with one attached hydrogen (secondary N) is 2. The van der Waals surface area contributed by atoms with Crippen molar-refractivity contribution in [2.24, 2.45) is 0 Å². The van der Waals surface area contributed by atoms with E-state index < -0.39 is 0 Å². The fourth-order valence-electron chi connectivity index (χ4n) is 2.01. The van der Waals surface area contributed by atoms with Crippen LogP contribution in [0.1, 0.15) is 35.8 Å². The lowest BCUT2D eigenvalue weighted by Crippen LogP contribution is -2.16. The van der Waals surface area contributed by atoms with E-state index in [9.17, 15) is 4.79 Å².